The lowest BCUT2D eigenvalue weighted by molar-refractivity contribution is -0.135. The highest BCUT2D eigenvalue weighted by molar-refractivity contribution is 6.03. The Balaban J connectivity index is 0.628. The summed E-state index contributed by atoms with van der Waals surface area (Å²) in [6.45, 7) is 9.08. The van der Waals surface area contributed by atoms with Gasteiger partial charge >= 0.3 is 11.7 Å². The number of nitrogens with zero attached hydrogens (tertiary/aromatic N) is 9. The number of carbonyl (C=O) groups is 2. The Kier molecular flexibility index (Phi) is 13.6. The number of imide groups is 1. The van der Waals surface area contributed by atoms with Crippen LogP contribution in [0.15, 0.2) is 47.4 Å². The maximum atomic E-state index is 17.0. The second-order valence-corrected chi connectivity index (χ2v) is 22.2. The molecule has 398 valence electrons. The van der Waals surface area contributed by atoms with Gasteiger partial charge in [0.05, 0.1) is 22.2 Å². The Morgan fingerprint density at radius 2 is 1.53 bits per heavy atom. The third-order valence-corrected chi connectivity index (χ3v) is 17.5. The van der Waals surface area contributed by atoms with Crippen LogP contribution in [0.3, 0.4) is 0 Å². The SMILES string of the molecule is C#Cc1c(F)ccc2cc(O)cc(-c3ncc4c(N5CC6CCC(C5)N6)nc(OCCN5CCC(CC6CCN(CC7CCN(c8ccc9c(c8F)n(C)c(=O)n9C8CCC(=O)NC8=O)CC7)CC6)CC5)nc4c3F)c12. The molecule has 2 amide bonds. The Hall–Kier alpha value is -6.75. The highest BCUT2D eigenvalue weighted by atomic mass is 19.1. The lowest BCUT2D eigenvalue weighted by Crippen LogP contribution is -2.51. The molecule has 3 unspecified atom stereocenters. The van der Waals surface area contributed by atoms with Crippen LogP contribution in [0.2, 0.25) is 0 Å². The number of aromatic hydroxyl groups is 1. The number of amides is 2. The van der Waals surface area contributed by atoms with Crippen LogP contribution in [-0.4, -0.2) is 135 Å². The molecule has 3 aromatic carbocycles. The number of carbonyl (C=O) groups excluding carboxylic acids is 2. The van der Waals surface area contributed by atoms with Crippen molar-refractivity contribution < 1.29 is 32.6 Å². The number of aromatic nitrogens is 5. The number of piperazine rings is 1. The fourth-order valence-electron chi connectivity index (χ4n) is 13.4. The van der Waals surface area contributed by atoms with Crippen molar-refractivity contribution in [3.63, 3.8) is 0 Å². The van der Waals surface area contributed by atoms with E-state index in [2.05, 4.69) is 46.1 Å². The third-order valence-electron chi connectivity index (χ3n) is 17.5. The van der Waals surface area contributed by atoms with Gasteiger partial charge in [-0.3, -0.25) is 33.9 Å². The number of hydrogen-bond acceptors (Lipinski definition) is 13. The summed E-state index contributed by atoms with van der Waals surface area (Å²) in [4.78, 5) is 61.1. The van der Waals surface area contributed by atoms with Gasteiger partial charge in [0.1, 0.15) is 46.8 Å². The van der Waals surface area contributed by atoms with Crippen molar-refractivity contribution in [3.8, 4) is 35.4 Å². The van der Waals surface area contributed by atoms with Crippen molar-refractivity contribution in [3.05, 3.63) is 76.1 Å². The van der Waals surface area contributed by atoms with E-state index in [1.807, 2.05) is 0 Å². The average Bonchev–Trinajstić information content (AvgIpc) is 3.98. The van der Waals surface area contributed by atoms with Crippen molar-refractivity contribution in [1.29, 1.82) is 0 Å². The Morgan fingerprint density at radius 1 is 0.816 bits per heavy atom. The number of nitrogens with one attached hydrogen (secondary N) is 2. The Morgan fingerprint density at radius 3 is 2.24 bits per heavy atom. The van der Waals surface area contributed by atoms with Crippen molar-refractivity contribution in [2.75, 3.05) is 81.9 Å². The van der Waals surface area contributed by atoms with E-state index in [1.54, 1.807) is 18.3 Å². The molecular formula is C57H64F3N11O5. The average molecular weight is 1040 g/mol. The fourth-order valence-corrected chi connectivity index (χ4v) is 13.4. The number of phenols is 1. The molecule has 16 nitrogen and oxygen atoms in total. The summed E-state index contributed by atoms with van der Waals surface area (Å²) in [5.41, 5.74) is 0.561. The van der Waals surface area contributed by atoms with Gasteiger partial charge in [-0.2, -0.15) is 9.97 Å². The molecule has 0 aliphatic carbocycles. The van der Waals surface area contributed by atoms with Gasteiger partial charge in [0.15, 0.2) is 11.6 Å². The van der Waals surface area contributed by atoms with Crippen molar-refractivity contribution in [1.82, 2.24) is 44.5 Å². The number of benzene rings is 3. The molecule has 76 heavy (non-hydrogen) atoms. The zero-order chi connectivity index (χ0) is 52.4. The topological polar surface area (TPSA) is 166 Å². The van der Waals surface area contributed by atoms with Crippen LogP contribution in [0.25, 0.3) is 44.0 Å². The minimum atomic E-state index is -0.860. The van der Waals surface area contributed by atoms with E-state index in [0.29, 0.717) is 83.9 Å². The first kappa shape index (κ1) is 50.1. The summed E-state index contributed by atoms with van der Waals surface area (Å²) < 4.78 is 57.2. The first-order valence-electron chi connectivity index (χ1n) is 27.2. The number of hydrogen-bond donors (Lipinski definition) is 3. The molecule has 6 fully saturated rings. The summed E-state index contributed by atoms with van der Waals surface area (Å²) >= 11 is 0. The number of pyridine rings is 1. The lowest BCUT2D eigenvalue weighted by Gasteiger charge is -2.39. The number of anilines is 2. The molecule has 6 saturated heterocycles. The summed E-state index contributed by atoms with van der Waals surface area (Å²) in [7, 11) is 1.53. The van der Waals surface area contributed by atoms with Gasteiger partial charge in [-0.05, 0) is 144 Å². The van der Waals surface area contributed by atoms with Crippen LogP contribution in [0, 0.1) is 47.5 Å². The fraction of sp³-hybridized carbons (Fsp3) is 0.509. The van der Waals surface area contributed by atoms with Crippen molar-refractivity contribution in [2.45, 2.75) is 88.8 Å². The Labute approximate surface area is 438 Å². The predicted octanol–water partition coefficient (Wildman–Crippen LogP) is 6.63. The van der Waals surface area contributed by atoms with Gasteiger partial charge in [0.25, 0.3) is 0 Å². The summed E-state index contributed by atoms with van der Waals surface area (Å²) in [6.07, 6.45) is 17.6. The normalized spacial score (nSPS) is 22.5. The van der Waals surface area contributed by atoms with Crippen LogP contribution in [-0.2, 0) is 16.6 Å². The van der Waals surface area contributed by atoms with Gasteiger partial charge in [-0.15, -0.1) is 6.42 Å². The minimum absolute atomic E-state index is 0.0294. The van der Waals surface area contributed by atoms with Gasteiger partial charge < -0.3 is 29.9 Å². The lowest BCUT2D eigenvalue weighted by atomic mass is 9.82. The molecule has 3 aromatic heterocycles. The Bertz CT molecular complexity index is 3340. The largest absolute Gasteiger partial charge is 0.508 e. The smallest absolute Gasteiger partial charge is 0.329 e. The molecule has 0 radical (unpaired) electrons. The van der Waals surface area contributed by atoms with E-state index in [0.717, 1.165) is 84.3 Å². The molecule has 6 aliphatic heterocycles. The molecule has 2 bridgehead atoms. The van der Waals surface area contributed by atoms with Crippen LogP contribution < -0.4 is 30.9 Å². The van der Waals surface area contributed by atoms with Crippen LogP contribution >= 0.6 is 0 Å². The molecule has 0 saturated carbocycles. The number of ether oxygens (including phenoxy) is 1. The zero-order valence-electron chi connectivity index (χ0n) is 42.9. The van der Waals surface area contributed by atoms with Gasteiger partial charge in [-0.1, -0.05) is 12.0 Å². The number of imidazole rings is 1. The number of halogens is 3. The number of fused-ring (bicyclic) bond motifs is 5. The molecule has 19 heteroatoms. The van der Waals surface area contributed by atoms with E-state index in [1.165, 1.54) is 59.7 Å². The molecule has 0 spiro atoms. The first-order chi connectivity index (χ1) is 36.9. The number of terminal acetylenes is 1. The molecule has 6 aliphatic rings. The number of likely N-dealkylation sites (tertiary alicyclic amines) is 2. The van der Waals surface area contributed by atoms with Gasteiger partial charge in [0, 0.05) is 82.0 Å². The van der Waals surface area contributed by atoms with Crippen molar-refractivity contribution in [2.24, 2.45) is 24.8 Å². The number of rotatable bonds is 12. The van der Waals surface area contributed by atoms with E-state index in [4.69, 9.17) is 16.1 Å². The molecule has 6 aromatic rings. The summed E-state index contributed by atoms with van der Waals surface area (Å²) in [5.74, 6) is 2.02. The summed E-state index contributed by atoms with van der Waals surface area (Å²) in [6, 6.07) is 8.81. The maximum absolute atomic E-state index is 17.0. The van der Waals surface area contributed by atoms with Gasteiger partial charge in [0.2, 0.25) is 11.8 Å². The number of aryl methyl sites for hydroxylation is 1. The zero-order valence-corrected chi connectivity index (χ0v) is 42.9. The maximum Gasteiger partial charge on any atom is 0.329 e. The second-order valence-electron chi connectivity index (χ2n) is 22.2. The van der Waals surface area contributed by atoms with Gasteiger partial charge in [-0.25, -0.2) is 18.0 Å². The van der Waals surface area contributed by atoms with E-state index < -0.39 is 35.1 Å². The quantitative estimate of drug-likeness (QED) is 0.0885. The third kappa shape index (κ3) is 9.50. The van der Waals surface area contributed by atoms with E-state index in [-0.39, 0.29) is 63.7 Å². The predicted molar refractivity (Wildman–Crippen MR) is 284 cm³/mol. The second kappa shape index (κ2) is 20.7. The van der Waals surface area contributed by atoms with E-state index >= 15 is 13.2 Å². The standard InChI is InChI=1S/C57H64F3N11O5/c1-3-40-43(58)7-4-36-27-39(72)28-41(48(36)40)51-50(60)52-42(29-61-51)54(70-31-37-5-6-38(32-70)62-37)65-56(64-52)76-25-24-67-18-12-33(13-19-67)26-34-14-20-68(21-15-34)30-35-16-22-69(23-17-35)44-8-9-45-53(49(44)59)66(2)57(75)71(45)46-10-11-47(73)63-55(46)74/h1,4,7-9,27-29,33-35,37-38,46,62,72H,5-6,10-26,30-32H2,2H3,(H,63,73,74). The van der Waals surface area contributed by atoms with Crippen LogP contribution in [0.4, 0.5) is 24.7 Å². The first-order valence-corrected chi connectivity index (χ1v) is 27.2. The summed E-state index contributed by atoms with van der Waals surface area (Å²) in [5, 5.41) is 17.8. The molecule has 3 N–H and O–H groups in total. The van der Waals surface area contributed by atoms with Crippen LogP contribution in [0.5, 0.6) is 11.8 Å². The highest BCUT2D eigenvalue weighted by Crippen LogP contribution is 2.40. The molecule has 3 atom stereocenters. The minimum Gasteiger partial charge on any atom is -0.508 e. The molecular weight excluding hydrogens is 976 g/mol. The van der Waals surface area contributed by atoms with E-state index in [9.17, 15) is 19.5 Å². The number of piperidine rings is 4. The van der Waals surface area contributed by atoms with Crippen LogP contribution in [0.1, 0.15) is 82.2 Å². The monoisotopic (exact) mass is 1040 g/mol. The molecule has 9 heterocycles. The number of phenolic OH excluding ortho intramolecular Hbond substituents is 1. The highest BCUT2D eigenvalue weighted by Gasteiger charge is 2.36. The molecule has 12 rings (SSSR count). The van der Waals surface area contributed by atoms with Crippen molar-refractivity contribution >= 4 is 56.0 Å².